The van der Waals surface area contributed by atoms with Crippen LogP contribution >= 0.6 is 0 Å². The molecule has 24 heavy (non-hydrogen) atoms. The Labute approximate surface area is 139 Å². The summed E-state index contributed by atoms with van der Waals surface area (Å²) >= 11 is 0. The third-order valence-corrected chi connectivity index (χ3v) is 4.15. The second kappa shape index (κ2) is 6.83. The van der Waals surface area contributed by atoms with Crippen LogP contribution in [0, 0.1) is 17.1 Å². The van der Waals surface area contributed by atoms with Crippen LogP contribution in [0.5, 0.6) is 0 Å². The molecule has 2 aromatic carbocycles. The first kappa shape index (κ1) is 16.2. The van der Waals surface area contributed by atoms with Crippen LogP contribution in [-0.2, 0) is 0 Å². The molecule has 3 aromatic rings. The maximum absolute atomic E-state index is 13.7. The molecular formula is C19H18FN3O. The number of fused-ring (bicyclic) bond motifs is 1. The molecule has 0 fully saturated rings. The highest BCUT2D eigenvalue weighted by atomic mass is 19.1. The van der Waals surface area contributed by atoms with Crippen molar-refractivity contribution in [1.29, 1.82) is 5.26 Å². The van der Waals surface area contributed by atoms with Crippen LogP contribution in [0.15, 0.2) is 54.7 Å². The molecule has 1 heterocycles. The second-order valence-corrected chi connectivity index (χ2v) is 5.70. The van der Waals surface area contributed by atoms with Crippen molar-refractivity contribution in [2.45, 2.75) is 12.1 Å². The zero-order chi connectivity index (χ0) is 17.1. The Morgan fingerprint density at radius 1 is 1.25 bits per heavy atom. The molecule has 5 heteroatoms. The lowest BCUT2D eigenvalue weighted by atomic mass is 10.0. The number of rotatable bonds is 5. The van der Waals surface area contributed by atoms with E-state index in [1.807, 2.05) is 29.0 Å². The Morgan fingerprint density at radius 2 is 2.04 bits per heavy atom. The monoisotopic (exact) mass is 323 g/mol. The van der Waals surface area contributed by atoms with E-state index in [4.69, 9.17) is 0 Å². The fourth-order valence-electron chi connectivity index (χ4n) is 3.11. The van der Waals surface area contributed by atoms with Crippen molar-refractivity contribution < 1.29 is 9.50 Å². The number of hydrogen-bond acceptors (Lipinski definition) is 3. The molecule has 3 rings (SSSR count). The lowest BCUT2D eigenvalue weighted by Crippen LogP contribution is -2.33. The third-order valence-electron chi connectivity index (χ3n) is 4.15. The largest absolute Gasteiger partial charge is 0.389 e. The van der Waals surface area contributed by atoms with Crippen molar-refractivity contribution in [2.24, 2.45) is 0 Å². The van der Waals surface area contributed by atoms with E-state index >= 15 is 0 Å². The van der Waals surface area contributed by atoms with Crippen molar-refractivity contribution in [3.8, 4) is 6.07 Å². The molecule has 2 N–H and O–H groups in total. The number of nitrogens with zero attached hydrogens (tertiary/aromatic N) is 2. The van der Waals surface area contributed by atoms with Gasteiger partial charge in [-0.05, 0) is 42.9 Å². The number of likely N-dealkylation sites (N-methyl/N-ethyl adjacent to an activating group) is 1. The zero-order valence-corrected chi connectivity index (χ0v) is 13.3. The minimum atomic E-state index is -0.752. The van der Waals surface area contributed by atoms with Crippen molar-refractivity contribution in [2.75, 3.05) is 13.6 Å². The molecule has 0 aliphatic heterocycles. The summed E-state index contributed by atoms with van der Waals surface area (Å²) in [4.78, 5) is 0. The summed E-state index contributed by atoms with van der Waals surface area (Å²) in [5.41, 5.74) is 2.09. The molecule has 0 unspecified atom stereocenters. The normalized spacial score (nSPS) is 13.6. The minimum Gasteiger partial charge on any atom is -0.389 e. The molecule has 0 amide bonds. The zero-order valence-electron chi connectivity index (χ0n) is 13.3. The van der Waals surface area contributed by atoms with Gasteiger partial charge in [-0.2, -0.15) is 5.26 Å². The van der Waals surface area contributed by atoms with Crippen molar-refractivity contribution >= 4 is 10.9 Å². The van der Waals surface area contributed by atoms with Crippen LogP contribution in [0.3, 0.4) is 0 Å². The molecule has 1 aromatic heterocycles. The van der Waals surface area contributed by atoms with Gasteiger partial charge in [0.25, 0.3) is 0 Å². The van der Waals surface area contributed by atoms with Gasteiger partial charge in [-0.3, -0.25) is 0 Å². The van der Waals surface area contributed by atoms with E-state index in [1.54, 1.807) is 25.2 Å². The molecule has 0 aliphatic rings. The predicted octanol–water partition coefficient (Wildman–Crippen LogP) is 2.82. The van der Waals surface area contributed by atoms with Crippen LogP contribution in [0.2, 0.25) is 0 Å². The van der Waals surface area contributed by atoms with Crippen LogP contribution in [0.1, 0.15) is 17.2 Å². The van der Waals surface area contributed by atoms with E-state index in [9.17, 15) is 14.8 Å². The van der Waals surface area contributed by atoms with Gasteiger partial charge >= 0.3 is 0 Å². The van der Waals surface area contributed by atoms with Gasteiger partial charge < -0.3 is 15.0 Å². The SMILES string of the molecule is CNC[C@@H](O)[C@H](c1cccc(F)c1)n1ccc2c(C#N)cccc21. The summed E-state index contributed by atoms with van der Waals surface area (Å²) in [6.07, 6.45) is 1.08. The number of halogens is 1. The third kappa shape index (κ3) is 2.90. The quantitative estimate of drug-likeness (QED) is 0.759. The highest BCUT2D eigenvalue weighted by molar-refractivity contribution is 5.86. The van der Waals surface area contributed by atoms with E-state index in [2.05, 4.69) is 11.4 Å². The first-order valence-electron chi connectivity index (χ1n) is 7.73. The van der Waals surface area contributed by atoms with Gasteiger partial charge in [0, 0.05) is 23.6 Å². The van der Waals surface area contributed by atoms with Crippen molar-refractivity contribution in [3.05, 3.63) is 71.7 Å². The van der Waals surface area contributed by atoms with Gasteiger partial charge in [0.15, 0.2) is 0 Å². The molecule has 0 spiro atoms. The molecule has 122 valence electrons. The summed E-state index contributed by atoms with van der Waals surface area (Å²) in [6.45, 7) is 0.360. The number of hydrogen-bond donors (Lipinski definition) is 2. The van der Waals surface area contributed by atoms with Crippen LogP contribution in [0.25, 0.3) is 10.9 Å². The summed E-state index contributed by atoms with van der Waals surface area (Å²) in [5.74, 6) is -0.344. The Kier molecular flexibility index (Phi) is 4.61. The molecule has 0 aliphatic carbocycles. The Hall–Kier alpha value is -2.68. The molecule has 0 saturated carbocycles. The smallest absolute Gasteiger partial charge is 0.123 e. The summed E-state index contributed by atoms with van der Waals surface area (Å²) in [5, 5.41) is 23.7. The van der Waals surface area contributed by atoms with E-state index in [0.717, 1.165) is 10.9 Å². The van der Waals surface area contributed by atoms with Crippen LogP contribution < -0.4 is 5.32 Å². The lowest BCUT2D eigenvalue weighted by molar-refractivity contribution is 0.132. The average Bonchev–Trinajstić information content (AvgIpc) is 2.99. The number of aliphatic hydroxyl groups excluding tert-OH is 1. The second-order valence-electron chi connectivity index (χ2n) is 5.70. The van der Waals surface area contributed by atoms with E-state index in [0.29, 0.717) is 17.7 Å². The Morgan fingerprint density at radius 3 is 2.75 bits per heavy atom. The maximum Gasteiger partial charge on any atom is 0.123 e. The molecule has 0 saturated heterocycles. The highest BCUT2D eigenvalue weighted by Crippen LogP contribution is 2.29. The fraction of sp³-hybridized carbons (Fsp3) is 0.211. The Bertz CT molecular complexity index is 897. The summed E-state index contributed by atoms with van der Waals surface area (Å²) < 4.78 is 15.6. The number of aromatic nitrogens is 1. The minimum absolute atomic E-state index is 0.344. The number of aliphatic hydroxyl groups is 1. The van der Waals surface area contributed by atoms with Crippen molar-refractivity contribution in [1.82, 2.24) is 9.88 Å². The predicted molar refractivity (Wildman–Crippen MR) is 91.1 cm³/mol. The molecule has 0 bridgehead atoms. The number of nitrogens with one attached hydrogen (secondary N) is 1. The highest BCUT2D eigenvalue weighted by Gasteiger charge is 2.24. The standard InChI is InChI=1S/C19H18FN3O/c1-22-12-18(24)19(13-4-2-6-15(20)10-13)23-9-8-16-14(11-21)5-3-7-17(16)23/h2-10,18-19,22,24H,12H2,1H3/t18-,19+/m1/s1. The fourth-order valence-corrected chi connectivity index (χ4v) is 3.11. The van der Waals surface area contributed by atoms with E-state index in [1.165, 1.54) is 12.1 Å². The topological polar surface area (TPSA) is 61.0 Å². The van der Waals surface area contributed by atoms with Crippen LogP contribution in [0.4, 0.5) is 4.39 Å². The summed E-state index contributed by atoms with van der Waals surface area (Å²) in [6, 6.07) is 15.3. The molecular weight excluding hydrogens is 305 g/mol. The average molecular weight is 323 g/mol. The van der Waals surface area contributed by atoms with Gasteiger partial charge in [-0.1, -0.05) is 18.2 Å². The number of nitriles is 1. The van der Waals surface area contributed by atoms with Crippen LogP contribution in [-0.4, -0.2) is 29.4 Å². The van der Waals surface area contributed by atoms with Gasteiger partial charge in [0.1, 0.15) is 5.82 Å². The van der Waals surface area contributed by atoms with Crippen molar-refractivity contribution in [3.63, 3.8) is 0 Å². The van der Waals surface area contributed by atoms with Gasteiger partial charge in [0.2, 0.25) is 0 Å². The van der Waals surface area contributed by atoms with Gasteiger partial charge in [-0.15, -0.1) is 0 Å². The first-order chi connectivity index (χ1) is 11.7. The maximum atomic E-state index is 13.7. The van der Waals surface area contributed by atoms with E-state index in [-0.39, 0.29) is 5.82 Å². The van der Waals surface area contributed by atoms with Gasteiger partial charge in [-0.25, -0.2) is 4.39 Å². The van der Waals surface area contributed by atoms with E-state index < -0.39 is 12.1 Å². The first-order valence-corrected chi connectivity index (χ1v) is 7.73. The molecule has 4 nitrogen and oxygen atoms in total. The number of benzene rings is 2. The lowest BCUT2D eigenvalue weighted by Gasteiger charge is -2.26. The molecule has 0 radical (unpaired) electrons. The van der Waals surface area contributed by atoms with Gasteiger partial charge in [0.05, 0.1) is 23.8 Å². The Balaban J connectivity index is 2.18. The molecule has 2 atom stereocenters. The summed E-state index contributed by atoms with van der Waals surface area (Å²) in [7, 11) is 1.76.